The predicted molar refractivity (Wildman–Crippen MR) is 142 cm³/mol. The lowest BCUT2D eigenvalue weighted by Crippen LogP contribution is -2.59. The summed E-state index contributed by atoms with van der Waals surface area (Å²) in [5.74, 6) is 0.870. The Morgan fingerprint density at radius 2 is 1.97 bits per heavy atom. The SMILES string of the molecule is CC1C(C(=O)Nc2cc3cc(N4CCN(C5(C)COCC5F)CC4)c(Cl)cc3cn2)C1c1cnn(C)c1. The number of nitrogens with zero attached hydrogens (tertiary/aromatic N) is 5. The molecule has 3 aromatic rings. The molecule has 1 saturated carbocycles. The zero-order valence-corrected chi connectivity index (χ0v) is 22.1. The number of carbonyl (C=O) groups excluding carboxylic acids is 1. The van der Waals surface area contributed by atoms with Gasteiger partial charge in [-0.3, -0.25) is 14.4 Å². The van der Waals surface area contributed by atoms with Gasteiger partial charge in [-0.2, -0.15) is 5.10 Å². The molecule has 8 nitrogen and oxygen atoms in total. The van der Waals surface area contributed by atoms with E-state index in [9.17, 15) is 9.18 Å². The molecule has 196 valence electrons. The number of aryl methyl sites for hydroxylation is 1. The predicted octanol–water partition coefficient (Wildman–Crippen LogP) is 3.86. The van der Waals surface area contributed by atoms with E-state index in [1.165, 1.54) is 0 Å². The minimum atomic E-state index is -0.970. The highest BCUT2D eigenvalue weighted by atomic mass is 35.5. The Hall–Kier alpha value is -2.75. The number of amides is 1. The first kappa shape index (κ1) is 24.6. The maximum absolute atomic E-state index is 14.5. The third kappa shape index (κ3) is 4.36. The second kappa shape index (κ2) is 9.22. The molecule has 10 heteroatoms. The van der Waals surface area contributed by atoms with Gasteiger partial charge in [0, 0.05) is 62.8 Å². The number of piperazine rings is 1. The molecule has 3 fully saturated rings. The van der Waals surface area contributed by atoms with Gasteiger partial charge in [0.25, 0.3) is 0 Å². The summed E-state index contributed by atoms with van der Waals surface area (Å²) < 4.78 is 21.7. The number of hydrogen-bond acceptors (Lipinski definition) is 6. The summed E-state index contributed by atoms with van der Waals surface area (Å²) in [5.41, 5.74) is 1.47. The summed E-state index contributed by atoms with van der Waals surface area (Å²) >= 11 is 6.68. The number of ether oxygens (including phenoxy) is 1. The van der Waals surface area contributed by atoms with E-state index >= 15 is 0 Å². The third-order valence-corrected chi connectivity index (χ3v) is 8.81. The Balaban J connectivity index is 1.16. The van der Waals surface area contributed by atoms with Gasteiger partial charge in [-0.1, -0.05) is 18.5 Å². The van der Waals surface area contributed by atoms with Crippen LogP contribution in [0.2, 0.25) is 5.02 Å². The largest absolute Gasteiger partial charge is 0.376 e. The molecule has 2 aromatic heterocycles. The maximum Gasteiger partial charge on any atom is 0.229 e. The number of hydrogen-bond donors (Lipinski definition) is 1. The van der Waals surface area contributed by atoms with E-state index < -0.39 is 11.7 Å². The van der Waals surface area contributed by atoms with Crippen molar-refractivity contribution in [3.63, 3.8) is 0 Å². The average Bonchev–Trinajstić information content (AvgIpc) is 3.15. The van der Waals surface area contributed by atoms with Gasteiger partial charge >= 0.3 is 0 Å². The van der Waals surface area contributed by atoms with Crippen LogP contribution in [-0.2, 0) is 16.6 Å². The normalized spacial score (nSPS) is 30.1. The van der Waals surface area contributed by atoms with Gasteiger partial charge in [-0.25, -0.2) is 9.37 Å². The number of nitrogens with one attached hydrogen (secondary N) is 1. The Kier molecular flexibility index (Phi) is 6.12. The lowest BCUT2D eigenvalue weighted by atomic mass is 9.96. The fourth-order valence-corrected chi connectivity index (χ4v) is 6.34. The first-order valence-electron chi connectivity index (χ1n) is 12.8. The van der Waals surface area contributed by atoms with Crippen LogP contribution in [0.4, 0.5) is 15.9 Å². The fraction of sp³-hybridized carbons (Fsp3) is 0.519. The first-order valence-corrected chi connectivity index (χ1v) is 13.2. The molecule has 1 aromatic carbocycles. The van der Waals surface area contributed by atoms with Gasteiger partial charge in [0.2, 0.25) is 5.91 Å². The lowest BCUT2D eigenvalue weighted by Gasteiger charge is -2.44. The maximum atomic E-state index is 14.5. The zero-order valence-electron chi connectivity index (χ0n) is 21.3. The fourth-order valence-electron chi connectivity index (χ4n) is 6.05. The van der Waals surface area contributed by atoms with Crippen LogP contribution in [0.15, 0.2) is 36.8 Å². The number of benzene rings is 1. The van der Waals surface area contributed by atoms with Gasteiger partial charge in [0.15, 0.2) is 0 Å². The zero-order chi connectivity index (χ0) is 25.9. The number of halogens is 2. The van der Waals surface area contributed by atoms with Crippen molar-refractivity contribution >= 4 is 39.8 Å². The molecule has 5 atom stereocenters. The number of rotatable bonds is 5. The summed E-state index contributed by atoms with van der Waals surface area (Å²) in [6.07, 6.45) is 4.59. The molecule has 37 heavy (non-hydrogen) atoms. The van der Waals surface area contributed by atoms with E-state index in [2.05, 4.69) is 38.2 Å². The molecular formula is C27H32ClFN6O2. The second-order valence-corrected chi connectivity index (χ2v) is 11.3. The van der Waals surface area contributed by atoms with Crippen molar-refractivity contribution in [1.82, 2.24) is 19.7 Å². The Labute approximate surface area is 220 Å². The average molecular weight is 527 g/mol. The smallest absolute Gasteiger partial charge is 0.229 e. The van der Waals surface area contributed by atoms with Crippen molar-refractivity contribution in [2.75, 3.05) is 49.6 Å². The monoisotopic (exact) mass is 526 g/mol. The van der Waals surface area contributed by atoms with Crippen LogP contribution in [0.25, 0.3) is 10.8 Å². The van der Waals surface area contributed by atoms with Gasteiger partial charge < -0.3 is 15.0 Å². The highest BCUT2D eigenvalue weighted by Gasteiger charge is 2.53. The van der Waals surface area contributed by atoms with E-state index in [0.717, 1.165) is 48.2 Å². The summed E-state index contributed by atoms with van der Waals surface area (Å²) in [5, 5.41) is 9.78. The van der Waals surface area contributed by atoms with Crippen LogP contribution in [-0.4, -0.2) is 76.7 Å². The van der Waals surface area contributed by atoms with Crippen LogP contribution >= 0.6 is 11.6 Å². The van der Waals surface area contributed by atoms with Gasteiger partial charge in [0.05, 0.1) is 35.7 Å². The Bertz CT molecular complexity index is 1340. The number of fused-ring (bicyclic) bond motifs is 1. The lowest BCUT2D eigenvalue weighted by molar-refractivity contribution is -0.117. The van der Waals surface area contributed by atoms with Crippen molar-refractivity contribution in [3.8, 4) is 0 Å². The number of carbonyl (C=O) groups is 1. The highest BCUT2D eigenvalue weighted by molar-refractivity contribution is 6.34. The van der Waals surface area contributed by atoms with Crippen molar-refractivity contribution in [1.29, 1.82) is 0 Å². The summed E-state index contributed by atoms with van der Waals surface area (Å²) in [6, 6.07) is 5.88. The second-order valence-electron chi connectivity index (χ2n) is 10.9. The standard InChI is InChI=1S/C27H32ClFN6O2/c1-16-24(19-12-31-33(3)13-19)25(16)26(36)32-23-10-17-9-21(20(28)8-18(17)11-30-23)34-4-6-35(7-5-34)27(2)15-37-14-22(27)29/h8-13,16,22,24-25H,4-7,14-15H2,1-3H3,(H,30,32,36). The minimum Gasteiger partial charge on any atom is -0.376 e. The number of anilines is 2. The summed E-state index contributed by atoms with van der Waals surface area (Å²) in [4.78, 5) is 21.9. The number of alkyl halides is 1. The molecule has 2 saturated heterocycles. The van der Waals surface area contributed by atoms with Crippen LogP contribution < -0.4 is 10.2 Å². The van der Waals surface area contributed by atoms with E-state index in [1.54, 1.807) is 10.9 Å². The first-order chi connectivity index (χ1) is 17.7. The topological polar surface area (TPSA) is 75.5 Å². The molecule has 3 aliphatic rings. The van der Waals surface area contributed by atoms with Crippen LogP contribution in [0.5, 0.6) is 0 Å². The van der Waals surface area contributed by atoms with E-state index in [0.29, 0.717) is 17.4 Å². The quantitative estimate of drug-likeness (QED) is 0.544. The molecule has 0 spiro atoms. The van der Waals surface area contributed by atoms with Crippen LogP contribution in [0.3, 0.4) is 0 Å². The van der Waals surface area contributed by atoms with Crippen molar-refractivity contribution in [2.24, 2.45) is 18.9 Å². The summed E-state index contributed by atoms with van der Waals surface area (Å²) in [6.45, 7) is 7.62. The Morgan fingerprint density at radius 1 is 1.19 bits per heavy atom. The molecule has 5 unspecified atom stereocenters. The number of aromatic nitrogens is 3. The summed E-state index contributed by atoms with van der Waals surface area (Å²) in [7, 11) is 1.88. The van der Waals surface area contributed by atoms with E-state index in [4.69, 9.17) is 16.3 Å². The molecule has 0 bridgehead atoms. The van der Waals surface area contributed by atoms with Gasteiger partial charge in [0.1, 0.15) is 12.0 Å². The molecule has 1 amide bonds. The minimum absolute atomic E-state index is 0.0194. The van der Waals surface area contributed by atoms with Crippen LogP contribution in [0, 0.1) is 11.8 Å². The molecule has 1 N–H and O–H groups in total. The van der Waals surface area contributed by atoms with E-state index in [-0.39, 0.29) is 30.3 Å². The molecule has 6 rings (SSSR count). The Morgan fingerprint density at radius 3 is 2.65 bits per heavy atom. The molecule has 0 radical (unpaired) electrons. The number of pyridine rings is 1. The molecule has 4 heterocycles. The van der Waals surface area contributed by atoms with Crippen molar-refractivity contribution < 1.29 is 13.9 Å². The molecule has 2 aliphatic heterocycles. The van der Waals surface area contributed by atoms with Gasteiger partial charge in [-0.05, 0) is 42.0 Å². The highest BCUT2D eigenvalue weighted by Crippen LogP contribution is 2.54. The van der Waals surface area contributed by atoms with Crippen LogP contribution in [0.1, 0.15) is 25.3 Å². The van der Waals surface area contributed by atoms with E-state index in [1.807, 2.05) is 38.5 Å². The molecule has 1 aliphatic carbocycles. The van der Waals surface area contributed by atoms with Crippen molar-refractivity contribution in [3.05, 3.63) is 47.4 Å². The van der Waals surface area contributed by atoms with Crippen molar-refractivity contribution in [2.45, 2.75) is 31.5 Å². The molecular weight excluding hydrogens is 495 g/mol. The third-order valence-electron chi connectivity index (χ3n) is 8.51. The van der Waals surface area contributed by atoms with Gasteiger partial charge in [-0.15, -0.1) is 0 Å².